The summed E-state index contributed by atoms with van der Waals surface area (Å²) in [6.45, 7) is 3.47. The molecule has 2 aromatic heterocycles. The number of thiophene rings is 1. The summed E-state index contributed by atoms with van der Waals surface area (Å²) in [5.41, 5.74) is 7.52. The maximum atomic E-state index is 12.6. The van der Waals surface area contributed by atoms with Crippen molar-refractivity contribution in [2.45, 2.75) is 38.9 Å². The zero-order valence-corrected chi connectivity index (χ0v) is 12.8. The monoisotopic (exact) mass is 305 g/mol. The number of fused-ring (bicyclic) bond motifs is 1. The van der Waals surface area contributed by atoms with E-state index in [1.807, 2.05) is 4.90 Å². The second-order valence-corrected chi connectivity index (χ2v) is 6.17. The lowest BCUT2D eigenvalue weighted by Crippen LogP contribution is -2.41. The van der Waals surface area contributed by atoms with Gasteiger partial charge >= 0.3 is 0 Å². The Labute approximate surface area is 127 Å². The molecule has 0 radical (unpaired) electrons. The third-order valence-electron chi connectivity index (χ3n) is 3.89. The Morgan fingerprint density at radius 3 is 3.14 bits per heavy atom. The van der Waals surface area contributed by atoms with E-state index < -0.39 is 0 Å². The maximum absolute atomic E-state index is 12.6. The Bertz CT molecular complexity index is 635. The fourth-order valence-corrected chi connectivity index (χ4v) is 3.80. The molecule has 7 heteroatoms. The number of amides is 1. The van der Waals surface area contributed by atoms with E-state index in [0.717, 1.165) is 19.4 Å². The van der Waals surface area contributed by atoms with Crippen LogP contribution in [0, 0.1) is 0 Å². The predicted octanol–water partition coefficient (Wildman–Crippen LogP) is 1.33. The molecule has 112 valence electrons. The Morgan fingerprint density at radius 1 is 1.57 bits per heavy atom. The average Bonchev–Trinajstić information content (AvgIpc) is 3.14. The number of nitrogens with two attached hydrogens (primary N) is 1. The van der Waals surface area contributed by atoms with Crippen LogP contribution in [0.5, 0.6) is 0 Å². The molecular weight excluding hydrogens is 286 g/mol. The molecule has 0 aliphatic carbocycles. The van der Waals surface area contributed by atoms with Crippen LogP contribution in [0.25, 0.3) is 0 Å². The number of nitrogens with zero attached hydrogens (tertiary/aromatic N) is 4. The highest BCUT2D eigenvalue weighted by Crippen LogP contribution is 2.35. The van der Waals surface area contributed by atoms with E-state index in [1.165, 1.54) is 10.4 Å². The van der Waals surface area contributed by atoms with Crippen molar-refractivity contribution in [3.8, 4) is 0 Å². The van der Waals surface area contributed by atoms with E-state index in [1.54, 1.807) is 22.2 Å². The molecule has 2 N–H and O–H groups in total. The molecule has 1 aliphatic rings. The Morgan fingerprint density at radius 2 is 2.43 bits per heavy atom. The van der Waals surface area contributed by atoms with Crippen molar-refractivity contribution in [1.82, 2.24) is 19.9 Å². The van der Waals surface area contributed by atoms with E-state index in [2.05, 4.69) is 28.7 Å². The molecule has 6 nitrogen and oxygen atoms in total. The standard InChI is InChI=1S/C14H19N5OS/c1-2-12-11-4-6-21-13(11)3-5-19(12)14(20)9-18-8-10(7-15)16-17-18/h4,6,8,12H,2-3,5,7,9,15H2,1H3. The highest BCUT2D eigenvalue weighted by atomic mass is 32.1. The molecule has 1 amide bonds. The molecule has 0 saturated carbocycles. The average molecular weight is 305 g/mol. The molecule has 0 aromatic carbocycles. The van der Waals surface area contributed by atoms with E-state index in [4.69, 9.17) is 5.73 Å². The van der Waals surface area contributed by atoms with Gasteiger partial charge in [-0.2, -0.15) is 0 Å². The van der Waals surface area contributed by atoms with Gasteiger partial charge in [-0.15, -0.1) is 16.4 Å². The van der Waals surface area contributed by atoms with Crippen molar-refractivity contribution in [2.75, 3.05) is 6.54 Å². The summed E-state index contributed by atoms with van der Waals surface area (Å²) >= 11 is 1.79. The highest BCUT2D eigenvalue weighted by molar-refractivity contribution is 7.10. The summed E-state index contributed by atoms with van der Waals surface area (Å²) < 4.78 is 1.57. The number of carbonyl (C=O) groups is 1. The van der Waals surface area contributed by atoms with Gasteiger partial charge < -0.3 is 10.6 Å². The van der Waals surface area contributed by atoms with Crippen molar-refractivity contribution in [3.63, 3.8) is 0 Å². The molecule has 0 spiro atoms. The van der Waals surface area contributed by atoms with Crippen molar-refractivity contribution in [2.24, 2.45) is 5.73 Å². The van der Waals surface area contributed by atoms with Crippen molar-refractivity contribution in [3.05, 3.63) is 33.8 Å². The molecule has 1 unspecified atom stereocenters. The van der Waals surface area contributed by atoms with Gasteiger partial charge in [0.05, 0.1) is 17.9 Å². The molecule has 2 aromatic rings. The van der Waals surface area contributed by atoms with Crippen LogP contribution in [0.1, 0.15) is 35.5 Å². The second-order valence-electron chi connectivity index (χ2n) is 5.17. The summed E-state index contributed by atoms with van der Waals surface area (Å²) in [5, 5.41) is 9.98. The number of aromatic nitrogens is 3. The number of hydrogen-bond acceptors (Lipinski definition) is 5. The zero-order chi connectivity index (χ0) is 14.8. The molecule has 3 rings (SSSR count). The fraction of sp³-hybridized carbons (Fsp3) is 0.500. The van der Waals surface area contributed by atoms with Crippen molar-refractivity contribution in [1.29, 1.82) is 0 Å². The predicted molar refractivity (Wildman–Crippen MR) is 80.7 cm³/mol. The highest BCUT2D eigenvalue weighted by Gasteiger charge is 2.30. The van der Waals surface area contributed by atoms with E-state index in [0.29, 0.717) is 12.2 Å². The largest absolute Gasteiger partial charge is 0.334 e. The summed E-state index contributed by atoms with van der Waals surface area (Å²) in [7, 11) is 0. The van der Waals surface area contributed by atoms with Crippen LogP contribution in [0.2, 0.25) is 0 Å². The minimum absolute atomic E-state index is 0.0900. The topological polar surface area (TPSA) is 77.0 Å². The summed E-state index contributed by atoms with van der Waals surface area (Å²) in [4.78, 5) is 16.0. The summed E-state index contributed by atoms with van der Waals surface area (Å²) in [6, 6.07) is 2.33. The van der Waals surface area contributed by atoms with Gasteiger partial charge in [0.2, 0.25) is 5.91 Å². The van der Waals surface area contributed by atoms with Crippen LogP contribution in [-0.2, 0) is 24.3 Å². The number of carbonyl (C=O) groups excluding carboxylic acids is 1. The summed E-state index contributed by atoms with van der Waals surface area (Å²) in [5.74, 6) is 0.0900. The first-order valence-corrected chi connectivity index (χ1v) is 8.05. The Kier molecular flexibility index (Phi) is 4.03. The van der Waals surface area contributed by atoms with Gasteiger partial charge in [-0.1, -0.05) is 12.1 Å². The molecule has 1 atom stereocenters. The first-order chi connectivity index (χ1) is 10.2. The molecule has 0 fully saturated rings. The lowest BCUT2D eigenvalue weighted by molar-refractivity contribution is -0.135. The smallest absolute Gasteiger partial charge is 0.244 e. The lowest BCUT2D eigenvalue weighted by atomic mass is 9.98. The first-order valence-electron chi connectivity index (χ1n) is 7.17. The van der Waals surface area contributed by atoms with Gasteiger partial charge in [-0.3, -0.25) is 4.79 Å². The Balaban J connectivity index is 1.75. The van der Waals surface area contributed by atoms with Crippen LogP contribution >= 0.6 is 11.3 Å². The van der Waals surface area contributed by atoms with Crippen molar-refractivity contribution >= 4 is 17.2 Å². The fourth-order valence-electron chi connectivity index (χ4n) is 2.87. The zero-order valence-electron chi connectivity index (χ0n) is 12.0. The molecule has 3 heterocycles. The summed E-state index contributed by atoms with van der Waals surface area (Å²) in [6.07, 6.45) is 3.61. The van der Waals surface area contributed by atoms with Gasteiger partial charge in [0, 0.05) is 18.0 Å². The van der Waals surface area contributed by atoms with Crippen molar-refractivity contribution < 1.29 is 4.79 Å². The molecular formula is C14H19N5OS. The lowest BCUT2D eigenvalue weighted by Gasteiger charge is -2.35. The van der Waals surface area contributed by atoms with Gasteiger partial charge in [-0.25, -0.2) is 4.68 Å². The van der Waals surface area contributed by atoms with Gasteiger partial charge in [0.25, 0.3) is 0 Å². The number of hydrogen-bond donors (Lipinski definition) is 1. The molecule has 0 saturated heterocycles. The maximum Gasteiger partial charge on any atom is 0.244 e. The quantitative estimate of drug-likeness (QED) is 0.924. The number of rotatable bonds is 4. The molecule has 21 heavy (non-hydrogen) atoms. The van der Waals surface area contributed by atoms with Crippen LogP contribution in [-0.4, -0.2) is 32.3 Å². The SMILES string of the molecule is CCC1c2ccsc2CCN1C(=O)Cn1cc(CN)nn1. The minimum Gasteiger partial charge on any atom is -0.334 e. The Hall–Kier alpha value is -1.73. The van der Waals surface area contributed by atoms with Crippen LogP contribution in [0.15, 0.2) is 17.6 Å². The van der Waals surface area contributed by atoms with Gasteiger partial charge in [0.1, 0.15) is 6.54 Å². The molecule has 1 aliphatic heterocycles. The van der Waals surface area contributed by atoms with E-state index in [9.17, 15) is 4.79 Å². The normalized spacial score (nSPS) is 17.8. The minimum atomic E-state index is 0.0900. The van der Waals surface area contributed by atoms with E-state index in [-0.39, 0.29) is 18.5 Å². The second kappa shape index (κ2) is 5.95. The van der Waals surface area contributed by atoms with Crippen LogP contribution in [0.3, 0.4) is 0 Å². The van der Waals surface area contributed by atoms with E-state index >= 15 is 0 Å². The third kappa shape index (κ3) is 2.71. The molecule has 0 bridgehead atoms. The van der Waals surface area contributed by atoms with Gasteiger partial charge in [0.15, 0.2) is 0 Å². The van der Waals surface area contributed by atoms with Crippen LogP contribution < -0.4 is 5.73 Å². The third-order valence-corrected chi connectivity index (χ3v) is 4.89. The van der Waals surface area contributed by atoms with Crippen LogP contribution in [0.4, 0.5) is 0 Å². The first kappa shape index (κ1) is 14.2. The van der Waals surface area contributed by atoms with Gasteiger partial charge in [-0.05, 0) is 29.9 Å².